The molecule has 0 spiro atoms. The van der Waals surface area contributed by atoms with Crippen molar-refractivity contribution in [3.63, 3.8) is 0 Å². The van der Waals surface area contributed by atoms with Crippen molar-refractivity contribution < 1.29 is 24.2 Å². The summed E-state index contributed by atoms with van der Waals surface area (Å²) in [5, 5.41) is 25.3. The number of hydrogen-bond donors (Lipinski definition) is 3. The molecule has 34 heavy (non-hydrogen) atoms. The van der Waals surface area contributed by atoms with Crippen LogP contribution in [0.1, 0.15) is 37.4 Å². The molecule has 0 aliphatic heterocycles. The maximum atomic E-state index is 12.8. The Bertz CT molecular complexity index is 1530. The second kappa shape index (κ2) is 8.75. The molecular formula is C28H21NO5. The fourth-order valence-electron chi connectivity index (χ4n) is 4.03. The summed E-state index contributed by atoms with van der Waals surface area (Å²) in [4.78, 5) is 23.8. The van der Waals surface area contributed by atoms with Crippen LogP contribution in [-0.4, -0.2) is 22.1 Å². The molecule has 3 N–H and O–H groups in total. The van der Waals surface area contributed by atoms with Crippen LogP contribution in [0.3, 0.4) is 0 Å². The number of carbonyl (C=O) groups excluding carboxylic acids is 1. The van der Waals surface area contributed by atoms with Gasteiger partial charge in [-0.05, 0) is 64.5 Å². The van der Waals surface area contributed by atoms with E-state index in [1.165, 1.54) is 0 Å². The molecule has 5 rings (SSSR count). The van der Waals surface area contributed by atoms with Gasteiger partial charge in [-0.2, -0.15) is 0 Å². The predicted molar refractivity (Wildman–Crippen MR) is 129 cm³/mol. The highest BCUT2D eigenvalue weighted by atomic mass is 16.4. The van der Waals surface area contributed by atoms with Gasteiger partial charge in [0.15, 0.2) is 0 Å². The molecule has 0 saturated heterocycles. The molecule has 0 aliphatic rings. The molecule has 5 aromatic rings. The lowest BCUT2D eigenvalue weighted by Gasteiger charge is -2.11. The lowest BCUT2D eigenvalue weighted by Crippen LogP contribution is -2.22. The average molecular weight is 451 g/mol. The second-order valence-corrected chi connectivity index (χ2v) is 8.16. The number of rotatable bonds is 6. The maximum Gasteiger partial charge on any atom is 0.335 e. The standard InChI is InChI=1S/C28H21NO5/c30-26-22(13-17-1-4-20(5-2-17)28(32)33)8-6-19-7-9-23(15-24(19)26)27(31)29-16-18-3-10-25-21(14-18)11-12-34-25/h1-12,14-15,30H,13,16H2,(H,29,31)(H,32,33). The molecule has 0 unspecified atom stereocenters. The molecule has 4 aromatic carbocycles. The number of phenols is 1. The van der Waals surface area contributed by atoms with Crippen LogP contribution >= 0.6 is 0 Å². The third-order valence-electron chi connectivity index (χ3n) is 5.90. The highest BCUT2D eigenvalue weighted by Crippen LogP contribution is 2.31. The molecule has 0 fully saturated rings. The molecule has 168 valence electrons. The number of benzene rings is 4. The van der Waals surface area contributed by atoms with Gasteiger partial charge in [0.2, 0.25) is 0 Å². The van der Waals surface area contributed by atoms with Crippen molar-refractivity contribution in [2.45, 2.75) is 13.0 Å². The zero-order valence-electron chi connectivity index (χ0n) is 18.1. The van der Waals surface area contributed by atoms with Crippen molar-refractivity contribution in [3.05, 3.63) is 113 Å². The number of fused-ring (bicyclic) bond motifs is 2. The first-order valence-corrected chi connectivity index (χ1v) is 10.8. The number of nitrogens with one attached hydrogen (secondary N) is 1. The normalized spacial score (nSPS) is 11.1. The van der Waals surface area contributed by atoms with Gasteiger partial charge in [0.1, 0.15) is 11.3 Å². The van der Waals surface area contributed by atoms with Gasteiger partial charge < -0.3 is 19.9 Å². The summed E-state index contributed by atoms with van der Waals surface area (Å²) in [5.41, 5.74) is 4.00. The SMILES string of the molecule is O=C(O)c1ccc(Cc2ccc3ccc(C(=O)NCc4ccc5occc5c4)cc3c2O)cc1. The topological polar surface area (TPSA) is 99.8 Å². The summed E-state index contributed by atoms with van der Waals surface area (Å²) in [5.74, 6) is -1.10. The lowest BCUT2D eigenvalue weighted by atomic mass is 9.98. The smallest absolute Gasteiger partial charge is 0.335 e. The zero-order chi connectivity index (χ0) is 23.7. The number of furan rings is 1. The molecule has 0 aliphatic carbocycles. The van der Waals surface area contributed by atoms with Gasteiger partial charge in [-0.3, -0.25) is 4.79 Å². The average Bonchev–Trinajstić information content (AvgIpc) is 3.32. The molecule has 6 heteroatoms. The van der Waals surface area contributed by atoms with Crippen molar-refractivity contribution in [2.75, 3.05) is 0 Å². The Hall–Kier alpha value is -4.58. The molecule has 6 nitrogen and oxygen atoms in total. The van der Waals surface area contributed by atoms with Gasteiger partial charge in [-0.1, -0.05) is 36.4 Å². The van der Waals surface area contributed by atoms with Crippen molar-refractivity contribution in [1.29, 1.82) is 0 Å². The van der Waals surface area contributed by atoms with Crippen molar-refractivity contribution in [3.8, 4) is 5.75 Å². The molecule has 0 saturated carbocycles. The van der Waals surface area contributed by atoms with Crippen LogP contribution < -0.4 is 5.32 Å². The molecule has 0 radical (unpaired) electrons. The summed E-state index contributed by atoms with van der Waals surface area (Å²) in [6.45, 7) is 0.371. The van der Waals surface area contributed by atoms with Gasteiger partial charge in [0.05, 0.1) is 11.8 Å². The molecular weight excluding hydrogens is 430 g/mol. The third-order valence-corrected chi connectivity index (χ3v) is 5.90. The van der Waals surface area contributed by atoms with Gasteiger partial charge in [-0.25, -0.2) is 4.79 Å². The van der Waals surface area contributed by atoms with Crippen LogP contribution in [0.2, 0.25) is 0 Å². The number of carboxylic acid groups (broad SMARTS) is 1. The zero-order valence-corrected chi connectivity index (χ0v) is 18.1. The number of hydrogen-bond acceptors (Lipinski definition) is 4. The van der Waals surface area contributed by atoms with Gasteiger partial charge in [0, 0.05) is 29.3 Å². The Morgan fingerprint density at radius 3 is 2.32 bits per heavy atom. The lowest BCUT2D eigenvalue weighted by molar-refractivity contribution is 0.0696. The summed E-state index contributed by atoms with van der Waals surface area (Å²) < 4.78 is 5.35. The first-order chi connectivity index (χ1) is 16.5. The molecule has 1 amide bonds. The quantitative estimate of drug-likeness (QED) is 0.316. The summed E-state index contributed by atoms with van der Waals surface area (Å²) >= 11 is 0. The third kappa shape index (κ3) is 4.21. The predicted octanol–water partition coefficient (Wildman–Crippen LogP) is 5.51. The first kappa shape index (κ1) is 21.3. The molecule has 0 bridgehead atoms. The van der Waals surface area contributed by atoms with Crippen LogP contribution in [0.5, 0.6) is 5.75 Å². The summed E-state index contributed by atoms with van der Waals surface area (Å²) in [6, 6.07) is 23.2. The minimum atomic E-state index is -0.979. The first-order valence-electron chi connectivity index (χ1n) is 10.8. The van der Waals surface area contributed by atoms with E-state index in [-0.39, 0.29) is 17.2 Å². The van der Waals surface area contributed by atoms with Gasteiger partial charge in [0.25, 0.3) is 5.91 Å². The van der Waals surface area contributed by atoms with E-state index in [0.717, 1.165) is 27.5 Å². The Balaban J connectivity index is 1.35. The fraction of sp³-hybridized carbons (Fsp3) is 0.0714. The number of carbonyl (C=O) groups is 2. The van der Waals surface area contributed by atoms with Gasteiger partial charge in [-0.15, -0.1) is 0 Å². The fourth-order valence-corrected chi connectivity index (χ4v) is 4.03. The van der Waals surface area contributed by atoms with Crippen molar-refractivity contribution in [1.82, 2.24) is 5.32 Å². The Kier molecular flexibility index (Phi) is 5.47. The summed E-state index contributed by atoms with van der Waals surface area (Å²) in [6.07, 6.45) is 2.07. The van der Waals surface area contributed by atoms with E-state index >= 15 is 0 Å². The largest absolute Gasteiger partial charge is 0.507 e. The Morgan fingerprint density at radius 1 is 0.794 bits per heavy atom. The summed E-state index contributed by atoms with van der Waals surface area (Å²) in [7, 11) is 0. The number of aromatic hydroxyl groups is 1. The maximum absolute atomic E-state index is 12.8. The molecule has 1 aromatic heterocycles. The highest BCUT2D eigenvalue weighted by Gasteiger charge is 2.12. The van der Waals surface area contributed by atoms with Crippen LogP contribution in [0, 0.1) is 0 Å². The number of amides is 1. The Morgan fingerprint density at radius 2 is 1.53 bits per heavy atom. The van der Waals surface area contributed by atoms with Crippen LogP contribution in [0.4, 0.5) is 0 Å². The van der Waals surface area contributed by atoms with Crippen LogP contribution in [-0.2, 0) is 13.0 Å². The van der Waals surface area contributed by atoms with Crippen LogP contribution in [0.15, 0.2) is 89.5 Å². The van der Waals surface area contributed by atoms with E-state index in [4.69, 9.17) is 9.52 Å². The van der Waals surface area contributed by atoms with E-state index in [2.05, 4.69) is 5.32 Å². The van der Waals surface area contributed by atoms with Crippen molar-refractivity contribution in [2.24, 2.45) is 0 Å². The van der Waals surface area contributed by atoms with E-state index in [9.17, 15) is 14.7 Å². The van der Waals surface area contributed by atoms with E-state index in [1.807, 2.05) is 42.5 Å². The van der Waals surface area contributed by atoms with E-state index in [0.29, 0.717) is 29.5 Å². The van der Waals surface area contributed by atoms with Crippen molar-refractivity contribution >= 4 is 33.6 Å². The number of phenolic OH excluding ortho intramolecular Hbond substituents is 1. The van der Waals surface area contributed by atoms with E-state index < -0.39 is 5.97 Å². The van der Waals surface area contributed by atoms with Gasteiger partial charge >= 0.3 is 5.97 Å². The minimum Gasteiger partial charge on any atom is -0.507 e. The Labute approximate surface area is 195 Å². The second-order valence-electron chi connectivity index (χ2n) is 8.16. The van der Waals surface area contributed by atoms with Crippen LogP contribution in [0.25, 0.3) is 21.7 Å². The minimum absolute atomic E-state index is 0.111. The molecule has 0 atom stereocenters. The number of carboxylic acids is 1. The molecule has 1 heterocycles. The monoisotopic (exact) mass is 451 g/mol. The highest BCUT2D eigenvalue weighted by molar-refractivity contribution is 6.00. The number of aromatic carboxylic acids is 1. The van der Waals surface area contributed by atoms with E-state index in [1.54, 1.807) is 42.7 Å².